The van der Waals surface area contributed by atoms with Gasteiger partial charge in [0.1, 0.15) is 0 Å². The van der Waals surface area contributed by atoms with Crippen LogP contribution in [0.2, 0.25) is 0 Å². The number of carbonyl (C=O) groups excluding carboxylic acids is 1. The zero-order valence-electron chi connectivity index (χ0n) is 14.7. The van der Waals surface area contributed by atoms with Crippen LogP contribution in [-0.4, -0.2) is 25.9 Å². The summed E-state index contributed by atoms with van der Waals surface area (Å²) in [5.74, 6) is -0.244. The molecule has 1 fully saturated rings. The van der Waals surface area contributed by atoms with E-state index in [1.165, 1.54) is 12.1 Å². The molecular formula is C17H28ClN3O3S. The highest BCUT2D eigenvalue weighted by molar-refractivity contribution is 7.89. The lowest BCUT2D eigenvalue weighted by atomic mass is 9.82. The number of hydrogen-bond donors (Lipinski definition) is 3. The van der Waals surface area contributed by atoms with E-state index in [-0.39, 0.29) is 29.3 Å². The van der Waals surface area contributed by atoms with Crippen molar-refractivity contribution >= 4 is 34.0 Å². The molecule has 0 bridgehead atoms. The van der Waals surface area contributed by atoms with Gasteiger partial charge in [-0.05, 0) is 44.4 Å². The van der Waals surface area contributed by atoms with Crippen LogP contribution in [0.1, 0.15) is 52.4 Å². The molecule has 8 heteroatoms. The number of sulfonamides is 1. The second kappa shape index (κ2) is 8.98. The summed E-state index contributed by atoms with van der Waals surface area (Å²) in [7, 11) is -3.60. The van der Waals surface area contributed by atoms with Gasteiger partial charge in [0.2, 0.25) is 15.9 Å². The summed E-state index contributed by atoms with van der Waals surface area (Å²) in [5, 5.41) is 2.78. The number of anilines is 1. The van der Waals surface area contributed by atoms with Gasteiger partial charge in [-0.15, -0.1) is 12.4 Å². The zero-order chi connectivity index (χ0) is 17.8. The van der Waals surface area contributed by atoms with Gasteiger partial charge in [-0.3, -0.25) is 4.79 Å². The third-order valence-electron chi connectivity index (χ3n) is 4.57. The van der Waals surface area contributed by atoms with Crippen LogP contribution < -0.4 is 15.8 Å². The number of hydrogen-bond acceptors (Lipinski definition) is 4. The van der Waals surface area contributed by atoms with Crippen LogP contribution in [0.4, 0.5) is 5.69 Å². The predicted octanol–water partition coefficient (Wildman–Crippen LogP) is 2.79. The van der Waals surface area contributed by atoms with E-state index >= 15 is 0 Å². The Morgan fingerprint density at radius 2 is 1.92 bits per heavy atom. The molecule has 0 heterocycles. The van der Waals surface area contributed by atoms with Crippen molar-refractivity contribution in [3.05, 3.63) is 24.3 Å². The Balaban J connectivity index is 0.00000312. The number of nitrogens with two attached hydrogens (primary N) is 1. The minimum atomic E-state index is -3.60. The molecule has 0 saturated heterocycles. The normalized spacial score (nSPS) is 18.0. The Labute approximate surface area is 156 Å². The predicted molar refractivity (Wildman–Crippen MR) is 102 cm³/mol. The van der Waals surface area contributed by atoms with E-state index in [0.29, 0.717) is 24.9 Å². The van der Waals surface area contributed by atoms with E-state index in [1.807, 2.05) is 13.8 Å². The average molecular weight is 390 g/mol. The van der Waals surface area contributed by atoms with Gasteiger partial charge in [0.15, 0.2) is 0 Å². The fourth-order valence-electron chi connectivity index (χ4n) is 2.82. The second-order valence-corrected chi connectivity index (χ2v) is 8.34. The third-order valence-corrected chi connectivity index (χ3v) is 6.16. The van der Waals surface area contributed by atoms with Crippen molar-refractivity contribution in [2.24, 2.45) is 5.73 Å². The zero-order valence-corrected chi connectivity index (χ0v) is 16.4. The van der Waals surface area contributed by atoms with Crippen LogP contribution in [0.5, 0.6) is 0 Å². The fraction of sp³-hybridized carbons (Fsp3) is 0.588. The molecule has 1 aromatic rings. The minimum absolute atomic E-state index is 0. The first-order chi connectivity index (χ1) is 11.3. The van der Waals surface area contributed by atoms with E-state index in [1.54, 1.807) is 12.1 Å². The SMILES string of the molecule is CCC(C)NS(=O)(=O)c1cccc(NC(=O)C2(N)CCCCC2)c1.Cl. The van der Waals surface area contributed by atoms with Crippen LogP contribution in [0.25, 0.3) is 0 Å². The molecule has 1 amide bonds. The van der Waals surface area contributed by atoms with Gasteiger partial charge in [-0.1, -0.05) is 32.3 Å². The van der Waals surface area contributed by atoms with Gasteiger partial charge in [0.05, 0.1) is 10.4 Å². The third kappa shape index (κ3) is 5.67. The number of nitrogens with one attached hydrogen (secondary N) is 2. The van der Waals surface area contributed by atoms with Crippen LogP contribution in [0.15, 0.2) is 29.2 Å². The quantitative estimate of drug-likeness (QED) is 0.696. The van der Waals surface area contributed by atoms with Gasteiger partial charge in [-0.2, -0.15) is 0 Å². The number of benzene rings is 1. The van der Waals surface area contributed by atoms with Gasteiger partial charge < -0.3 is 11.1 Å². The Bertz CT molecular complexity index is 688. The van der Waals surface area contributed by atoms with Crippen molar-refractivity contribution in [1.82, 2.24) is 4.72 Å². The molecule has 0 aliphatic heterocycles. The van der Waals surface area contributed by atoms with Crippen LogP contribution in [-0.2, 0) is 14.8 Å². The highest BCUT2D eigenvalue weighted by Gasteiger charge is 2.35. The lowest BCUT2D eigenvalue weighted by Crippen LogP contribution is -2.52. The number of amides is 1. The molecule has 1 saturated carbocycles. The molecule has 2 rings (SSSR count). The van der Waals surface area contributed by atoms with Gasteiger partial charge >= 0.3 is 0 Å². The standard InChI is InChI=1S/C17H27N3O3S.ClH/c1-3-13(2)20-24(22,23)15-9-7-8-14(12-15)19-16(21)17(18)10-5-4-6-11-17;/h7-9,12-13,20H,3-6,10-11,18H2,1-2H3,(H,19,21);1H. The summed E-state index contributed by atoms with van der Waals surface area (Å²) in [6, 6.07) is 6.12. The first-order valence-electron chi connectivity index (χ1n) is 8.49. The van der Waals surface area contributed by atoms with Crippen molar-refractivity contribution in [2.75, 3.05) is 5.32 Å². The minimum Gasteiger partial charge on any atom is -0.324 e. The summed E-state index contributed by atoms with van der Waals surface area (Å²) in [4.78, 5) is 12.6. The van der Waals surface area contributed by atoms with Crippen LogP contribution >= 0.6 is 12.4 Å². The second-order valence-electron chi connectivity index (χ2n) is 6.63. The smallest absolute Gasteiger partial charge is 0.244 e. The largest absolute Gasteiger partial charge is 0.324 e. The number of halogens is 1. The maximum atomic E-state index is 12.5. The van der Waals surface area contributed by atoms with E-state index < -0.39 is 15.6 Å². The average Bonchev–Trinajstić information content (AvgIpc) is 2.55. The molecule has 6 nitrogen and oxygen atoms in total. The Kier molecular flexibility index (Phi) is 7.87. The number of rotatable bonds is 6. The molecule has 0 aromatic heterocycles. The van der Waals surface area contributed by atoms with Crippen molar-refractivity contribution in [1.29, 1.82) is 0 Å². The molecular weight excluding hydrogens is 362 g/mol. The van der Waals surface area contributed by atoms with Crippen molar-refractivity contribution in [2.45, 2.75) is 68.8 Å². The Morgan fingerprint density at radius 1 is 1.28 bits per heavy atom. The van der Waals surface area contributed by atoms with Gasteiger partial charge in [0, 0.05) is 11.7 Å². The first kappa shape index (κ1) is 21.9. The molecule has 0 radical (unpaired) electrons. The molecule has 0 spiro atoms. The van der Waals surface area contributed by atoms with Crippen LogP contribution in [0.3, 0.4) is 0 Å². The van der Waals surface area contributed by atoms with Crippen molar-refractivity contribution < 1.29 is 13.2 Å². The van der Waals surface area contributed by atoms with E-state index in [9.17, 15) is 13.2 Å². The summed E-state index contributed by atoms with van der Waals surface area (Å²) in [6.07, 6.45) is 5.00. The lowest BCUT2D eigenvalue weighted by molar-refractivity contribution is -0.122. The monoisotopic (exact) mass is 389 g/mol. The molecule has 4 N–H and O–H groups in total. The molecule has 1 unspecified atom stereocenters. The van der Waals surface area contributed by atoms with E-state index in [4.69, 9.17) is 5.73 Å². The van der Waals surface area contributed by atoms with E-state index in [0.717, 1.165) is 19.3 Å². The van der Waals surface area contributed by atoms with E-state index in [2.05, 4.69) is 10.0 Å². The maximum absolute atomic E-state index is 12.5. The summed E-state index contributed by atoms with van der Waals surface area (Å²) < 4.78 is 27.3. The molecule has 25 heavy (non-hydrogen) atoms. The van der Waals surface area contributed by atoms with Gasteiger partial charge in [-0.25, -0.2) is 13.1 Å². The Morgan fingerprint density at radius 3 is 2.52 bits per heavy atom. The summed E-state index contributed by atoms with van der Waals surface area (Å²) in [6.45, 7) is 3.72. The topological polar surface area (TPSA) is 101 Å². The lowest BCUT2D eigenvalue weighted by Gasteiger charge is -2.31. The summed E-state index contributed by atoms with van der Waals surface area (Å²) in [5.41, 5.74) is 5.80. The maximum Gasteiger partial charge on any atom is 0.244 e. The van der Waals surface area contributed by atoms with Gasteiger partial charge in [0.25, 0.3) is 0 Å². The van der Waals surface area contributed by atoms with Crippen molar-refractivity contribution in [3.63, 3.8) is 0 Å². The fourth-order valence-corrected chi connectivity index (χ4v) is 4.19. The molecule has 1 aromatic carbocycles. The molecule has 1 atom stereocenters. The Hall–Kier alpha value is -1.15. The van der Waals surface area contributed by atoms with Crippen molar-refractivity contribution in [3.8, 4) is 0 Å². The molecule has 142 valence electrons. The highest BCUT2D eigenvalue weighted by atomic mass is 35.5. The summed E-state index contributed by atoms with van der Waals surface area (Å²) >= 11 is 0. The highest BCUT2D eigenvalue weighted by Crippen LogP contribution is 2.27. The molecule has 1 aliphatic rings. The number of carbonyl (C=O) groups is 1. The first-order valence-corrected chi connectivity index (χ1v) is 9.98. The molecule has 1 aliphatic carbocycles. The van der Waals surface area contributed by atoms with Crippen LogP contribution in [0, 0.1) is 0 Å².